The summed E-state index contributed by atoms with van der Waals surface area (Å²) in [7, 11) is 0. The smallest absolute Gasteiger partial charge is 0.402 e. The van der Waals surface area contributed by atoms with Gasteiger partial charge in [0.25, 0.3) is 0 Å². The molecule has 82 valence electrons. The molecule has 0 heterocycles. The van der Waals surface area contributed by atoms with E-state index in [0.29, 0.717) is 0 Å². The van der Waals surface area contributed by atoms with Crippen molar-refractivity contribution >= 4 is 5.97 Å². The standard InChI is InChI=1S/C9H7F3O3/c10-9(11,12)5-2-1-3-7(13)6(4-5)8(14)15/h5,13H,3-4H2,(H,14,15). The lowest BCUT2D eigenvalue weighted by Crippen LogP contribution is -2.23. The quantitative estimate of drug-likeness (QED) is 0.663. The molecule has 0 aromatic rings. The third-order valence-corrected chi connectivity index (χ3v) is 1.94. The van der Waals surface area contributed by atoms with Gasteiger partial charge >= 0.3 is 12.1 Å². The molecule has 0 aromatic carbocycles. The second-order valence-corrected chi connectivity index (χ2v) is 3.03. The van der Waals surface area contributed by atoms with Gasteiger partial charge in [-0.1, -0.05) is 11.8 Å². The summed E-state index contributed by atoms with van der Waals surface area (Å²) in [6.07, 6.45) is -5.73. The van der Waals surface area contributed by atoms with Gasteiger partial charge in [-0.25, -0.2) is 4.79 Å². The van der Waals surface area contributed by atoms with E-state index in [1.165, 1.54) is 0 Å². The van der Waals surface area contributed by atoms with E-state index in [4.69, 9.17) is 10.2 Å². The minimum atomic E-state index is -4.57. The topological polar surface area (TPSA) is 57.5 Å². The van der Waals surface area contributed by atoms with E-state index in [1.807, 2.05) is 5.92 Å². The normalized spacial score (nSPS) is 21.7. The first-order valence-electron chi connectivity index (χ1n) is 4.01. The first kappa shape index (κ1) is 11.4. The number of hydrogen-bond donors (Lipinski definition) is 2. The lowest BCUT2D eigenvalue weighted by molar-refractivity contribution is -0.158. The number of allylic oxidation sites excluding steroid dienone is 1. The molecule has 1 aliphatic carbocycles. The molecule has 15 heavy (non-hydrogen) atoms. The van der Waals surface area contributed by atoms with E-state index in [0.717, 1.165) is 0 Å². The third-order valence-electron chi connectivity index (χ3n) is 1.94. The van der Waals surface area contributed by atoms with Gasteiger partial charge in [0.1, 0.15) is 11.7 Å². The largest absolute Gasteiger partial charge is 0.511 e. The summed E-state index contributed by atoms with van der Waals surface area (Å²) in [5.74, 6) is -0.170. The Labute approximate surface area is 83.2 Å². The SMILES string of the molecule is O=C(O)C1=C(O)CC#CC(C(F)(F)F)C1. The molecule has 0 saturated carbocycles. The Morgan fingerprint density at radius 3 is 2.53 bits per heavy atom. The van der Waals surface area contributed by atoms with Crippen LogP contribution in [0.3, 0.4) is 0 Å². The summed E-state index contributed by atoms with van der Waals surface area (Å²) < 4.78 is 36.9. The number of aliphatic hydroxyl groups is 1. The highest BCUT2D eigenvalue weighted by Crippen LogP contribution is 2.32. The number of hydrogen-bond acceptors (Lipinski definition) is 2. The van der Waals surface area contributed by atoms with Gasteiger partial charge in [-0.3, -0.25) is 0 Å². The number of rotatable bonds is 1. The minimum Gasteiger partial charge on any atom is -0.511 e. The zero-order valence-corrected chi connectivity index (χ0v) is 7.43. The Bertz CT molecular complexity index is 370. The molecular formula is C9H7F3O3. The molecular weight excluding hydrogens is 213 g/mol. The van der Waals surface area contributed by atoms with Crippen LogP contribution in [-0.4, -0.2) is 22.4 Å². The molecule has 1 unspecified atom stereocenters. The maximum atomic E-state index is 12.3. The second kappa shape index (κ2) is 3.85. The number of halogens is 3. The Morgan fingerprint density at radius 1 is 1.47 bits per heavy atom. The first-order chi connectivity index (χ1) is 6.82. The Balaban J connectivity index is 3.01. The van der Waals surface area contributed by atoms with Crippen molar-refractivity contribution in [3.8, 4) is 11.8 Å². The fourth-order valence-corrected chi connectivity index (χ4v) is 1.15. The molecule has 0 spiro atoms. The van der Waals surface area contributed by atoms with Gasteiger partial charge in [0, 0.05) is 6.42 Å². The van der Waals surface area contributed by atoms with Crippen molar-refractivity contribution in [3.63, 3.8) is 0 Å². The number of carboxylic acid groups (broad SMARTS) is 1. The van der Waals surface area contributed by atoms with Crippen molar-refractivity contribution in [2.75, 3.05) is 0 Å². The van der Waals surface area contributed by atoms with Gasteiger partial charge in [0.05, 0.1) is 12.0 Å². The van der Waals surface area contributed by atoms with Crippen molar-refractivity contribution in [1.82, 2.24) is 0 Å². The average Bonchev–Trinajstić information content (AvgIpc) is 2.25. The van der Waals surface area contributed by atoms with Crippen molar-refractivity contribution in [3.05, 3.63) is 11.3 Å². The minimum absolute atomic E-state index is 0.353. The fraction of sp³-hybridized carbons (Fsp3) is 0.444. The Hall–Kier alpha value is -1.64. The Kier molecular flexibility index (Phi) is 2.93. The lowest BCUT2D eigenvalue weighted by atomic mass is 10.00. The van der Waals surface area contributed by atoms with Crippen LogP contribution >= 0.6 is 0 Å². The van der Waals surface area contributed by atoms with E-state index in [2.05, 4.69) is 5.92 Å². The second-order valence-electron chi connectivity index (χ2n) is 3.03. The van der Waals surface area contributed by atoms with Crippen molar-refractivity contribution in [2.45, 2.75) is 19.0 Å². The summed E-state index contributed by atoms with van der Waals surface area (Å²) in [5.41, 5.74) is -0.630. The van der Waals surface area contributed by atoms with Gasteiger partial charge in [0.2, 0.25) is 0 Å². The van der Waals surface area contributed by atoms with Crippen LogP contribution in [0.25, 0.3) is 0 Å². The monoisotopic (exact) mass is 220 g/mol. The Morgan fingerprint density at radius 2 is 2.07 bits per heavy atom. The summed E-state index contributed by atoms with van der Waals surface area (Å²) in [6, 6.07) is 0. The number of carboxylic acids is 1. The van der Waals surface area contributed by atoms with E-state index in [-0.39, 0.29) is 6.42 Å². The van der Waals surface area contributed by atoms with Crippen molar-refractivity contribution in [2.24, 2.45) is 5.92 Å². The molecule has 0 aliphatic heterocycles. The van der Waals surface area contributed by atoms with E-state index >= 15 is 0 Å². The molecule has 0 aromatic heterocycles. The fourth-order valence-electron chi connectivity index (χ4n) is 1.15. The highest BCUT2D eigenvalue weighted by Gasteiger charge is 2.40. The first-order valence-corrected chi connectivity index (χ1v) is 4.01. The van der Waals surface area contributed by atoms with Crippen LogP contribution in [0, 0.1) is 17.8 Å². The number of aliphatic carboxylic acids is 1. The zero-order valence-electron chi connectivity index (χ0n) is 7.43. The predicted octanol–water partition coefficient (Wildman–Crippen LogP) is 1.86. The molecule has 1 rings (SSSR count). The maximum absolute atomic E-state index is 12.3. The van der Waals surface area contributed by atoms with Crippen LogP contribution in [0.5, 0.6) is 0 Å². The van der Waals surface area contributed by atoms with Crippen LogP contribution in [0.4, 0.5) is 13.2 Å². The van der Waals surface area contributed by atoms with Crippen LogP contribution in [0.15, 0.2) is 11.3 Å². The van der Waals surface area contributed by atoms with E-state index in [9.17, 15) is 18.0 Å². The van der Waals surface area contributed by atoms with Crippen LogP contribution in [0.2, 0.25) is 0 Å². The molecule has 1 atom stereocenters. The average molecular weight is 220 g/mol. The molecule has 3 nitrogen and oxygen atoms in total. The summed E-state index contributed by atoms with van der Waals surface area (Å²) in [4.78, 5) is 10.5. The van der Waals surface area contributed by atoms with E-state index < -0.39 is 35.8 Å². The molecule has 6 heteroatoms. The van der Waals surface area contributed by atoms with Crippen molar-refractivity contribution in [1.29, 1.82) is 0 Å². The van der Waals surface area contributed by atoms with E-state index in [1.54, 1.807) is 0 Å². The highest BCUT2D eigenvalue weighted by molar-refractivity contribution is 5.87. The third kappa shape index (κ3) is 2.65. The number of carbonyl (C=O) groups is 1. The number of alkyl halides is 3. The summed E-state index contributed by atoms with van der Waals surface area (Å²) >= 11 is 0. The molecule has 2 N–H and O–H groups in total. The summed E-state index contributed by atoms with van der Waals surface area (Å²) in [6.45, 7) is 0. The maximum Gasteiger partial charge on any atom is 0.402 e. The predicted molar refractivity (Wildman–Crippen MR) is 43.8 cm³/mol. The molecule has 1 aliphatic rings. The van der Waals surface area contributed by atoms with Gasteiger partial charge in [-0.2, -0.15) is 13.2 Å². The highest BCUT2D eigenvalue weighted by atomic mass is 19.4. The molecule has 0 bridgehead atoms. The van der Waals surface area contributed by atoms with Crippen LogP contribution < -0.4 is 0 Å². The van der Waals surface area contributed by atoms with Gasteiger partial charge < -0.3 is 10.2 Å². The molecule has 0 amide bonds. The molecule has 0 radical (unpaired) electrons. The number of aliphatic hydroxyl groups excluding tert-OH is 1. The summed E-state index contributed by atoms with van der Waals surface area (Å²) in [5, 5.41) is 17.7. The van der Waals surface area contributed by atoms with Gasteiger partial charge in [-0.15, -0.1) is 0 Å². The lowest BCUT2D eigenvalue weighted by Gasteiger charge is -2.14. The van der Waals surface area contributed by atoms with Gasteiger partial charge in [0.15, 0.2) is 0 Å². The van der Waals surface area contributed by atoms with Gasteiger partial charge in [-0.05, 0) is 0 Å². The van der Waals surface area contributed by atoms with Crippen LogP contribution in [0.1, 0.15) is 12.8 Å². The van der Waals surface area contributed by atoms with Crippen molar-refractivity contribution < 1.29 is 28.2 Å². The molecule has 0 saturated heterocycles. The zero-order chi connectivity index (χ0) is 11.6. The molecule has 0 fully saturated rings. The van der Waals surface area contributed by atoms with Crippen LogP contribution in [-0.2, 0) is 4.79 Å².